The minimum absolute atomic E-state index is 0.153. The third-order valence-electron chi connectivity index (χ3n) is 2.95. The van der Waals surface area contributed by atoms with E-state index in [1.165, 1.54) is 0 Å². The summed E-state index contributed by atoms with van der Waals surface area (Å²) in [4.78, 5) is 12.2. The van der Waals surface area contributed by atoms with Crippen molar-refractivity contribution in [2.45, 2.75) is 19.6 Å². The molecule has 0 saturated carbocycles. The molecule has 2 rings (SSSR count). The molecule has 0 aliphatic carbocycles. The van der Waals surface area contributed by atoms with Crippen LogP contribution in [0.4, 0.5) is 0 Å². The van der Waals surface area contributed by atoms with Gasteiger partial charge < -0.3 is 9.15 Å². The van der Waals surface area contributed by atoms with Crippen molar-refractivity contribution < 1.29 is 13.9 Å². The van der Waals surface area contributed by atoms with E-state index < -0.39 is 8.07 Å². The van der Waals surface area contributed by atoms with Crippen LogP contribution in [0.5, 0.6) is 0 Å². The summed E-state index contributed by atoms with van der Waals surface area (Å²) in [6.45, 7) is 9.33. The number of nitrogens with one attached hydrogen (secondary N) is 1. The van der Waals surface area contributed by atoms with Crippen molar-refractivity contribution in [2.24, 2.45) is 0 Å². The quantitative estimate of drug-likeness (QED) is 0.824. The first-order valence-electron chi connectivity index (χ1n) is 6.20. The summed E-state index contributed by atoms with van der Waals surface area (Å²) in [5.74, 6) is 0.306. The Hall–Kier alpha value is -1.11. The first-order chi connectivity index (χ1) is 8.48. The van der Waals surface area contributed by atoms with Gasteiger partial charge in [0, 0.05) is 13.1 Å². The van der Waals surface area contributed by atoms with Crippen LogP contribution in [-0.4, -0.2) is 45.3 Å². The van der Waals surface area contributed by atoms with Crippen LogP contribution in [0.25, 0.3) is 0 Å². The fourth-order valence-corrected chi connectivity index (χ4v) is 3.37. The molecule has 1 aliphatic rings. The normalized spacial score (nSPS) is 17.7. The molecule has 1 amide bonds. The molecule has 1 N–H and O–H groups in total. The monoisotopic (exact) mass is 268 g/mol. The van der Waals surface area contributed by atoms with Crippen LogP contribution in [0.1, 0.15) is 10.6 Å². The van der Waals surface area contributed by atoms with Gasteiger partial charge in [-0.1, -0.05) is 19.6 Å². The van der Waals surface area contributed by atoms with Crippen LogP contribution in [-0.2, 0) is 4.74 Å². The van der Waals surface area contributed by atoms with Gasteiger partial charge in [0.1, 0.15) is 0 Å². The van der Waals surface area contributed by atoms with E-state index in [9.17, 15) is 4.79 Å². The predicted octanol–water partition coefficient (Wildman–Crippen LogP) is 0.802. The Morgan fingerprint density at radius 2 is 2.00 bits per heavy atom. The molecule has 0 unspecified atom stereocenters. The molecule has 0 bridgehead atoms. The zero-order valence-corrected chi connectivity index (χ0v) is 12.2. The molecule has 0 aromatic carbocycles. The second-order valence-corrected chi connectivity index (χ2v) is 10.5. The summed E-state index contributed by atoms with van der Waals surface area (Å²) < 4.78 is 10.6. The van der Waals surface area contributed by atoms with Crippen molar-refractivity contribution in [3.05, 3.63) is 18.1 Å². The third-order valence-corrected chi connectivity index (χ3v) is 4.96. The molecule has 5 nitrogen and oxygen atoms in total. The van der Waals surface area contributed by atoms with Gasteiger partial charge >= 0.3 is 5.91 Å². The van der Waals surface area contributed by atoms with E-state index >= 15 is 0 Å². The van der Waals surface area contributed by atoms with Crippen LogP contribution in [0.2, 0.25) is 19.6 Å². The number of amides is 1. The van der Waals surface area contributed by atoms with Crippen molar-refractivity contribution in [3.8, 4) is 0 Å². The number of morpholine rings is 1. The maximum absolute atomic E-state index is 12.2. The molecule has 1 aliphatic heterocycles. The number of carbonyl (C=O) groups is 1. The second-order valence-electron chi connectivity index (χ2n) is 5.45. The SMILES string of the molecule is C[Si](C)(C)c1ccoc1C(=O)NN1CCOCC1. The van der Waals surface area contributed by atoms with Gasteiger partial charge in [0.15, 0.2) is 5.76 Å². The van der Waals surface area contributed by atoms with Gasteiger partial charge in [-0.25, -0.2) is 5.01 Å². The third kappa shape index (κ3) is 3.01. The van der Waals surface area contributed by atoms with E-state index in [4.69, 9.17) is 9.15 Å². The van der Waals surface area contributed by atoms with Crippen LogP contribution in [0.15, 0.2) is 16.7 Å². The second kappa shape index (κ2) is 5.25. The average Bonchev–Trinajstić information content (AvgIpc) is 2.79. The lowest BCUT2D eigenvalue weighted by Gasteiger charge is -2.27. The number of carbonyl (C=O) groups excluding carboxylic acids is 1. The number of ether oxygens (including phenoxy) is 1. The summed E-state index contributed by atoms with van der Waals surface area (Å²) in [6.07, 6.45) is 1.60. The highest BCUT2D eigenvalue weighted by molar-refractivity contribution is 6.89. The molecular weight excluding hydrogens is 248 g/mol. The molecule has 6 heteroatoms. The Labute approximate surface area is 108 Å². The van der Waals surface area contributed by atoms with Crippen molar-refractivity contribution in [1.29, 1.82) is 0 Å². The van der Waals surface area contributed by atoms with E-state index in [2.05, 4.69) is 25.1 Å². The first-order valence-corrected chi connectivity index (χ1v) is 9.70. The number of furan rings is 1. The van der Waals surface area contributed by atoms with Crippen LogP contribution >= 0.6 is 0 Å². The van der Waals surface area contributed by atoms with E-state index in [1.54, 1.807) is 6.26 Å². The molecule has 1 saturated heterocycles. The summed E-state index contributed by atoms with van der Waals surface area (Å²) in [5.41, 5.74) is 2.88. The number of hydrogen-bond acceptors (Lipinski definition) is 4. The van der Waals surface area contributed by atoms with E-state index in [-0.39, 0.29) is 5.91 Å². The van der Waals surface area contributed by atoms with Crippen molar-refractivity contribution >= 4 is 19.2 Å². The van der Waals surface area contributed by atoms with Crippen LogP contribution in [0.3, 0.4) is 0 Å². The minimum atomic E-state index is -1.55. The summed E-state index contributed by atoms with van der Waals surface area (Å²) >= 11 is 0. The summed E-state index contributed by atoms with van der Waals surface area (Å²) in [7, 11) is -1.55. The van der Waals surface area contributed by atoms with Gasteiger partial charge in [-0.15, -0.1) is 0 Å². The van der Waals surface area contributed by atoms with Gasteiger partial charge in [-0.3, -0.25) is 10.2 Å². The number of nitrogens with zero attached hydrogens (tertiary/aromatic N) is 1. The van der Waals surface area contributed by atoms with E-state index in [0.717, 1.165) is 5.19 Å². The molecule has 2 heterocycles. The van der Waals surface area contributed by atoms with Crippen LogP contribution < -0.4 is 10.6 Å². The number of hydrazine groups is 1. The van der Waals surface area contributed by atoms with Crippen LogP contribution in [0, 0.1) is 0 Å². The van der Waals surface area contributed by atoms with Gasteiger partial charge in [0.05, 0.1) is 27.6 Å². The Kier molecular flexibility index (Phi) is 3.89. The highest BCUT2D eigenvalue weighted by Crippen LogP contribution is 2.08. The highest BCUT2D eigenvalue weighted by atomic mass is 28.3. The van der Waals surface area contributed by atoms with Gasteiger partial charge in [0.25, 0.3) is 0 Å². The maximum Gasteiger partial charge on any atom is 0.301 e. The molecule has 18 heavy (non-hydrogen) atoms. The molecule has 1 aromatic heterocycles. The largest absolute Gasteiger partial charge is 0.459 e. The van der Waals surface area contributed by atoms with Crippen molar-refractivity contribution in [3.63, 3.8) is 0 Å². The van der Waals surface area contributed by atoms with Gasteiger partial charge in [-0.05, 0) is 11.3 Å². The predicted molar refractivity (Wildman–Crippen MR) is 71.5 cm³/mol. The molecule has 0 radical (unpaired) electrons. The molecule has 0 atom stereocenters. The smallest absolute Gasteiger partial charge is 0.301 e. The molecule has 1 fully saturated rings. The number of hydrogen-bond donors (Lipinski definition) is 1. The zero-order chi connectivity index (χ0) is 13.2. The highest BCUT2D eigenvalue weighted by Gasteiger charge is 2.27. The van der Waals surface area contributed by atoms with Gasteiger partial charge in [-0.2, -0.15) is 0 Å². The first kappa shape index (κ1) is 13.3. The fraction of sp³-hybridized carbons (Fsp3) is 0.583. The lowest BCUT2D eigenvalue weighted by molar-refractivity contribution is 0.0118. The lowest BCUT2D eigenvalue weighted by atomic mass is 10.4. The molecule has 0 spiro atoms. The topological polar surface area (TPSA) is 54.7 Å². The standard InChI is InChI=1S/C12H20N2O3Si/c1-18(2,3)10-4-7-17-11(10)12(15)13-14-5-8-16-9-6-14/h4,7H,5-6,8-9H2,1-3H3,(H,13,15). The minimum Gasteiger partial charge on any atom is -0.459 e. The summed E-state index contributed by atoms with van der Waals surface area (Å²) in [6, 6.07) is 1.92. The Morgan fingerprint density at radius 3 is 2.61 bits per heavy atom. The average molecular weight is 268 g/mol. The van der Waals surface area contributed by atoms with E-state index in [0.29, 0.717) is 32.1 Å². The zero-order valence-electron chi connectivity index (χ0n) is 11.2. The van der Waals surface area contributed by atoms with Crippen molar-refractivity contribution in [2.75, 3.05) is 26.3 Å². The van der Waals surface area contributed by atoms with E-state index in [1.807, 2.05) is 11.1 Å². The molecule has 100 valence electrons. The molecular formula is C12H20N2O3Si. The van der Waals surface area contributed by atoms with Crippen molar-refractivity contribution in [1.82, 2.24) is 10.4 Å². The fourth-order valence-electron chi connectivity index (χ4n) is 1.95. The number of rotatable bonds is 3. The Bertz CT molecular complexity index is 419. The summed E-state index contributed by atoms with van der Waals surface area (Å²) in [5, 5.41) is 2.94. The lowest BCUT2D eigenvalue weighted by Crippen LogP contribution is -2.50. The van der Waals surface area contributed by atoms with Gasteiger partial charge in [0.2, 0.25) is 0 Å². The maximum atomic E-state index is 12.2. The Morgan fingerprint density at radius 1 is 1.33 bits per heavy atom. The molecule has 1 aromatic rings. The Balaban J connectivity index is 2.07.